The lowest BCUT2D eigenvalue weighted by atomic mass is 10.1. The normalized spacial score (nSPS) is 12.3. The smallest absolute Gasteiger partial charge is 0.262 e. The summed E-state index contributed by atoms with van der Waals surface area (Å²) in [5.74, 6) is -0.0869. The second-order valence-electron chi connectivity index (χ2n) is 7.63. The van der Waals surface area contributed by atoms with E-state index in [-0.39, 0.29) is 16.7 Å². The van der Waals surface area contributed by atoms with Crippen LogP contribution in [0.5, 0.6) is 5.75 Å². The van der Waals surface area contributed by atoms with Gasteiger partial charge in [0, 0.05) is 33.3 Å². The van der Waals surface area contributed by atoms with Crippen LogP contribution in [0.1, 0.15) is 20.7 Å². The van der Waals surface area contributed by atoms with Crippen LogP contribution in [0.2, 0.25) is 0 Å². The number of hydrogen-bond donors (Lipinski definition) is 3. The Morgan fingerprint density at radius 2 is 1.68 bits per heavy atom. The highest BCUT2D eigenvalue weighted by Gasteiger charge is 2.26. The topological polar surface area (TPSA) is 114 Å². The molecule has 0 radical (unpaired) electrons. The van der Waals surface area contributed by atoms with Gasteiger partial charge in [0.2, 0.25) is 0 Å². The van der Waals surface area contributed by atoms with Gasteiger partial charge in [0.1, 0.15) is 5.75 Å². The van der Waals surface area contributed by atoms with Crippen molar-refractivity contribution >= 4 is 49.7 Å². The first-order valence-corrected chi connectivity index (χ1v) is 11.8. The average Bonchev–Trinajstić information content (AvgIpc) is 3.16. The molecule has 5 rings (SSSR count). The molecule has 0 bridgehead atoms. The predicted molar refractivity (Wildman–Crippen MR) is 130 cm³/mol. The molecule has 0 aromatic heterocycles. The summed E-state index contributed by atoms with van der Waals surface area (Å²) in [6, 6.07) is 21.1. The second-order valence-corrected chi connectivity index (χ2v) is 9.28. The molecule has 0 fully saturated rings. The van der Waals surface area contributed by atoms with Crippen LogP contribution < -0.4 is 20.1 Å². The van der Waals surface area contributed by atoms with E-state index >= 15 is 0 Å². The lowest BCUT2D eigenvalue weighted by molar-refractivity contribution is 0.102. The lowest BCUT2D eigenvalue weighted by Crippen LogP contribution is -2.15. The van der Waals surface area contributed by atoms with E-state index in [0.29, 0.717) is 44.7 Å². The molecule has 0 aliphatic carbocycles. The number of amides is 2. The Balaban J connectivity index is 1.39. The first kappa shape index (κ1) is 21.5. The molecule has 2 amide bonds. The molecule has 34 heavy (non-hydrogen) atoms. The van der Waals surface area contributed by atoms with Gasteiger partial charge in [-0.15, -0.1) is 0 Å². The summed E-state index contributed by atoms with van der Waals surface area (Å²) in [6.07, 6.45) is 0. The van der Waals surface area contributed by atoms with Crippen molar-refractivity contribution in [2.45, 2.75) is 4.90 Å². The van der Waals surface area contributed by atoms with Crippen LogP contribution in [0.15, 0.2) is 83.8 Å². The van der Waals surface area contributed by atoms with Crippen LogP contribution in [0.3, 0.4) is 0 Å². The summed E-state index contributed by atoms with van der Waals surface area (Å²) >= 11 is 0. The molecular formula is C25H19N3O5S. The Morgan fingerprint density at radius 3 is 2.44 bits per heavy atom. The van der Waals surface area contributed by atoms with E-state index in [1.54, 1.807) is 48.5 Å². The van der Waals surface area contributed by atoms with Crippen LogP contribution in [-0.2, 0) is 10.0 Å². The molecule has 0 saturated carbocycles. The highest BCUT2D eigenvalue weighted by molar-refractivity contribution is 7.93. The van der Waals surface area contributed by atoms with Crippen molar-refractivity contribution in [3.05, 3.63) is 90.0 Å². The number of sulfonamides is 1. The largest absolute Gasteiger partial charge is 0.495 e. The fraction of sp³-hybridized carbons (Fsp3) is 0.0400. The number of nitrogens with one attached hydrogen (secondary N) is 3. The van der Waals surface area contributed by atoms with E-state index in [2.05, 4.69) is 15.4 Å². The van der Waals surface area contributed by atoms with Crippen molar-refractivity contribution in [1.29, 1.82) is 0 Å². The number of ether oxygens (including phenoxy) is 1. The maximum atomic E-state index is 13.2. The number of rotatable bonds is 6. The van der Waals surface area contributed by atoms with Crippen molar-refractivity contribution in [3.8, 4) is 5.75 Å². The summed E-state index contributed by atoms with van der Waals surface area (Å²) in [4.78, 5) is 24.8. The number of hydrogen-bond acceptors (Lipinski definition) is 5. The molecule has 4 aromatic carbocycles. The summed E-state index contributed by atoms with van der Waals surface area (Å²) in [5, 5.41) is 6.55. The standard InChI is InChI=1S/C25H19N3O5S/c1-33-21-8-3-2-7-19(21)26-24(29)15-9-11-16(12-10-15)28-34(31,32)22-14-13-20-23-17(22)5-4-6-18(23)25(30)27-20/h2-14,28H,1H3,(H,26,29)(H,27,30). The zero-order valence-electron chi connectivity index (χ0n) is 18.0. The molecule has 1 aliphatic rings. The Bertz CT molecular complexity index is 1560. The number of anilines is 3. The van der Waals surface area contributed by atoms with Crippen LogP contribution in [-0.4, -0.2) is 27.3 Å². The first-order valence-electron chi connectivity index (χ1n) is 10.3. The van der Waals surface area contributed by atoms with Gasteiger partial charge in [-0.05, 0) is 54.6 Å². The molecule has 0 spiro atoms. The van der Waals surface area contributed by atoms with Crippen LogP contribution in [0.4, 0.5) is 17.1 Å². The third-order valence-electron chi connectivity index (χ3n) is 5.54. The van der Waals surface area contributed by atoms with E-state index in [0.717, 1.165) is 0 Å². The van der Waals surface area contributed by atoms with Crippen molar-refractivity contribution in [1.82, 2.24) is 0 Å². The Labute approximate surface area is 195 Å². The number of carbonyl (C=O) groups excluding carboxylic acids is 2. The lowest BCUT2D eigenvalue weighted by Gasteiger charge is -2.12. The monoisotopic (exact) mass is 473 g/mol. The molecule has 8 nitrogen and oxygen atoms in total. The van der Waals surface area contributed by atoms with E-state index in [1.165, 1.54) is 37.4 Å². The van der Waals surface area contributed by atoms with E-state index < -0.39 is 10.0 Å². The van der Waals surface area contributed by atoms with Crippen LogP contribution >= 0.6 is 0 Å². The highest BCUT2D eigenvalue weighted by Crippen LogP contribution is 2.37. The number of benzene rings is 4. The SMILES string of the molecule is COc1ccccc1NC(=O)c1ccc(NS(=O)(=O)c2ccc3c4c(cccc24)C(=O)N3)cc1. The van der Waals surface area contributed by atoms with E-state index in [9.17, 15) is 18.0 Å². The molecule has 1 heterocycles. The summed E-state index contributed by atoms with van der Waals surface area (Å²) in [5.41, 5.74) is 2.20. The van der Waals surface area contributed by atoms with Gasteiger partial charge in [-0.1, -0.05) is 24.3 Å². The van der Waals surface area contributed by atoms with E-state index in [1.807, 2.05) is 0 Å². The fourth-order valence-electron chi connectivity index (χ4n) is 3.94. The highest BCUT2D eigenvalue weighted by atomic mass is 32.2. The van der Waals surface area contributed by atoms with Crippen molar-refractivity contribution in [3.63, 3.8) is 0 Å². The summed E-state index contributed by atoms with van der Waals surface area (Å²) < 4.78 is 34.1. The maximum Gasteiger partial charge on any atom is 0.262 e. The molecule has 0 atom stereocenters. The average molecular weight is 474 g/mol. The van der Waals surface area contributed by atoms with E-state index in [4.69, 9.17) is 4.74 Å². The third kappa shape index (κ3) is 3.71. The quantitative estimate of drug-likeness (QED) is 0.382. The number of methoxy groups -OCH3 is 1. The van der Waals surface area contributed by atoms with Crippen LogP contribution in [0, 0.1) is 0 Å². The zero-order valence-corrected chi connectivity index (χ0v) is 18.8. The summed E-state index contributed by atoms with van der Waals surface area (Å²) in [6.45, 7) is 0. The minimum Gasteiger partial charge on any atom is -0.495 e. The van der Waals surface area contributed by atoms with Gasteiger partial charge in [-0.2, -0.15) is 0 Å². The molecule has 4 aromatic rings. The molecular weight excluding hydrogens is 454 g/mol. The van der Waals surface area contributed by atoms with Gasteiger partial charge in [0.05, 0.1) is 17.7 Å². The fourth-order valence-corrected chi connectivity index (χ4v) is 5.20. The molecule has 3 N–H and O–H groups in total. The molecule has 1 aliphatic heterocycles. The minimum absolute atomic E-state index is 0.0580. The maximum absolute atomic E-state index is 13.2. The van der Waals surface area contributed by atoms with Gasteiger partial charge in [0.15, 0.2) is 0 Å². The molecule has 9 heteroatoms. The Kier molecular flexibility index (Phi) is 5.18. The Hall–Kier alpha value is -4.37. The minimum atomic E-state index is -3.96. The summed E-state index contributed by atoms with van der Waals surface area (Å²) in [7, 11) is -2.44. The van der Waals surface area contributed by atoms with Gasteiger partial charge >= 0.3 is 0 Å². The van der Waals surface area contributed by atoms with Gasteiger partial charge in [-0.3, -0.25) is 14.3 Å². The predicted octanol–water partition coefficient (Wildman–Crippen LogP) is 4.47. The number of carbonyl (C=O) groups is 2. The third-order valence-corrected chi connectivity index (χ3v) is 6.98. The second kappa shape index (κ2) is 8.20. The van der Waals surface area contributed by atoms with Crippen molar-refractivity contribution in [2.75, 3.05) is 22.5 Å². The zero-order chi connectivity index (χ0) is 23.9. The van der Waals surface area contributed by atoms with Crippen molar-refractivity contribution < 1.29 is 22.7 Å². The Morgan fingerprint density at radius 1 is 0.912 bits per heavy atom. The van der Waals surface area contributed by atoms with Gasteiger partial charge in [0.25, 0.3) is 21.8 Å². The molecule has 0 saturated heterocycles. The first-order chi connectivity index (χ1) is 16.4. The molecule has 170 valence electrons. The van der Waals surface area contributed by atoms with Crippen LogP contribution in [0.25, 0.3) is 10.8 Å². The van der Waals surface area contributed by atoms with Crippen molar-refractivity contribution in [2.24, 2.45) is 0 Å². The number of para-hydroxylation sites is 2. The molecule has 0 unspecified atom stereocenters. The van der Waals surface area contributed by atoms with Gasteiger partial charge in [-0.25, -0.2) is 8.42 Å². The van der Waals surface area contributed by atoms with Gasteiger partial charge < -0.3 is 15.4 Å².